The van der Waals surface area contributed by atoms with Crippen LogP contribution in [0.3, 0.4) is 0 Å². The summed E-state index contributed by atoms with van der Waals surface area (Å²) in [5.41, 5.74) is 7.45. The Bertz CT molecular complexity index is 683. The lowest BCUT2D eigenvalue weighted by Crippen LogP contribution is -2.39. The molecule has 6 heteroatoms. The smallest absolute Gasteiger partial charge is 0.266 e. The fourth-order valence-electron chi connectivity index (χ4n) is 2.85. The number of carbonyl (C=O) groups is 1. The number of halogens is 1. The topological polar surface area (TPSA) is 59.2 Å². The molecule has 1 saturated heterocycles. The van der Waals surface area contributed by atoms with Gasteiger partial charge in [0.25, 0.3) is 5.91 Å². The fourth-order valence-corrected chi connectivity index (χ4v) is 3.88. The van der Waals surface area contributed by atoms with E-state index in [1.54, 1.807) is 0 Å². The maximum Gasteiger partial charge on any atom is 0.266 e. The van der Waals surface area contributed by atoms with Gasteiger partial charge in [-0.1, -0.05) is 23.7 Å². The first kappa shape index (κ1) is 15.5. The normalized spacial score (nSPS) is 18.0. The van der Waals surface area contributed by atoms with Crippen LogP contribution in [0.1, 0.15) is 27.5 Å². The van der Waals surface area contributed by atoms with Gasteiger partial charge in [0.1, 0.15) is 4.88 Å². The summed E-state index contributed by atoms with van der Waals surface area (Å²) < 4.78 is 0. The van der Waals surface area contributed by atoms with Gasteiger partial charge in [-0.25, -0.2) is 4.98 Å². The summed E-state index contributed by atoms with van der Waals surface area (Å²) in [7, 11) is 0. The molecular formula is C16H18ClN3OS. The molecule has 0 unspecified atom stereocenters. The van der Waals surface area contributed by atoms with E-state index in [2.05, 4.69) is 4.98 Å². The Morgan fingerprint density at radius 3 is 2.86 bits per heavy atom. The van der Waals surface area contributed by atoms with Gasteiger partial charge in [0.05, 0.1) is 10.7 Å². The number of likely N-dealkylation sites (tertiary alicyclic amines) is 1. The quantitative estimate of drug-likeness (QED) is 0.935. The maximum absolute atomic E-state index is 12.9. The summed E-state index contributed by atoms with van der Waals surface area (Å²) in [6.07, 6.45) is 2.00. The zero-order valence-corrected chi connectivity index (χ0v) is 14.0. The lowest BCUT2D eigenvalue weighted by atomic mass is 10.1. The number of rotatable bonds is 3. The Balaban J connectivity index is 1.97. The molecule has 3 rings (SSSR count). The number of nitrogens with zero attached hydrogens (tertiary/aromatic N) is 2. The highest BCUT2D eigenvalue weighted by molar-refractivity contribution is 7.14. The van der Waals surface area contributed by atoms with Gasteiger partial charge in [-0.2, -0.15) is 0 Å². The number of aromatic nitrogens is 1. The van der Waals surface area contributed by atoms with Crippen LogP contribution in [0.5, 0.6) is 0 Å². The number of hydrogen-bond donors (Lipinski definition) is 1. The molecule has 0 radical (unpaired) electrons. The van der Waals surface area contributed by atoms with Crippen LogP contribution in [0.15, 0.2) is 24.3 Å². The van der Waals surface area contributed by atoms with Gasteiger partial charge in [-0.3, -0.25) is 4.79 Å². The van der Waals surface area contributed by atoms with Gasteiger partial charge in [-0.05, 0) is 31.9 Å². The zero-order valence-electron chi connectivity index (χ0n) is 12.4. The Morgan fingerprint density at radius 2 is 2.18 bits per heavy atom. The summed E-state index contributed by atoms with van der Waals surface area (Å²) in [6, 6.07) is 7.58. The first-order valence-electron chi connectivity index (χ1n) is 7.34. The van der Waals surface area contributed by atoms with Crippen LogP contribution in [0.2, 0.25) is 5.02 Å². The number of benzene rings is 1. The van der Waals surface area contributed by atoms with E-state index in [9.17, 15) is 4.79 Å². The molecule has 2 aromatic rings. The summed E-state index contributed by atoms with van der Waals surface area (Å²) in [5.74, 6) is 0.0449. The summed E-state index contributed by atoms with van der Waals surface area (Å²) in [5, 5.41) is 1.56. The molecule has 4 nitrogen and oxygen atoms in total. The van der Waals surface area contributed by atoms with Gasteiger partial charge in [0, 0.05) is 29.7 Å². The standard InChI is InChI=1S/C16H18ClN3OS/c1-10-19-14(11-4-6-12(17)7-5-11)15(22-10)16(21)20-8-2-3-13(20)9-18/h4-7,13H,2-3,8-9,18H2,1H3/t13-/m0/s1. The first-order valence-corrected chi connectivity index (χ1v) is 8.54. The second-order valence-electron chi connectivity index (χ2n) is 5.45. The molecule has 1 amide bonds. The van der Waals surface area contributed by atoms with Crippen molar-refractivity contribution in [3.63, 3.8) is 0 Å². The minimum atomic E-state index is 0.0449. The number of nitrogens with two attached hydrogens (primary N) is 1. The average Bonchev–Trinajstić information content (AvgIpc) is 3.13. The van der Waals surface area contributed by atoms with E-state index in [4.69, 9.17) is 17.3 Å². The first-order chi connectivity index (χ1) is 10.6. The Morgan fingerprint density at radius 1 is 1.45 bits per heavy atom. The van der Waals surface area contributed by atoms with Crippen molar-refractivity contribution in [3.8, 4) is 11.3 Å². The van der Waals surface area contributed by atoms with Crippen LogP contribution in [0.4, 0.5) is 0 Å². The van der Waals surface area contributed by atoms with E-state index in [0.29, 0.717) is 16.4 Å². The predicted octanol–water partition coefficient (Wildman–Crippen LogP) is 3.34. The largest absolute Gasteiger partial charge is 0.334 e. The molecule has 1 aliphatic heterocycles. The van der Waals surface area contributed by atoms with Gasteiger partial charge >= 0.3 is 0 Å². The van der Waals surface area contributed by atoms with Crippen LogP contribution in [-0.4, -0.2) is 34.9 Å². The van der Waals surface area contributed by atoms with Crippen molar-refractivity contribution in [2.24, 2.45) is 5.73 Å². The van der Waals surface area contributed by atoms with Gasteiger partial charge in [0.15, 0.2) is 0 Å². The van der Waals surface area contributed by atoms with Crippen molar-refractivity contribution in [1.29, 1.82) is 0 Å². The minimum Gasteiger partial charge on any atom is -0.334 e. The van der Waals surface area contributed by atoms with Crippen molar-refractivity contribution in [3.05, 3.63) is 39.2 Å². The highest BCUT2D eigenvalue weighted by Crippen LogP contribution is 2.31. The second-order valence-corrected chi connectivity index (χ2v) is 7.09. The van der Waals surface area contributed by atoms with Crippen molar-refractivity contribution < 1.29 is 4.79 Å². The Labute approximate surface area is 138 Å². The third-order valence-corrected chi connectivity index (χ3v) is 5.17. The number of carbonyl (C=O) groups excluding carboxylic acids is 1. The molecule has 2 heterocycles. The van der Waals surface area contributed by atoms with Crippen LogP contribution in [-0.2, 0) is 0 Å². The maximum atomic E-state index is 12.9. The third-order valence-electron chi connectivity index (χ3n) is 3.96. The highest BCUT2D eigenvalue weighted by Gasteiger charge is 2.31. The molecule has 0 saturated carbocycles. The number of thiazole rings is 1. The summed E-state index contributed by atoms with van der Waals surface area (Å²) >= 11 is 7.39. The Kier molecular flexibility index (Phi) is 4.47. The lowest BCUT2D eigenvalue weighted by molar-refractivity contribution is 0.0746. The van der Waals surface area contributed by atoms with Gasteiger partial charge < -0.3 is 10.6 Å². The van der Waals surface area contributed by atoms with Gasteiger partial charge in [-0.15, -0.1) is 11.3 Å². The molecule has 1 fully saturated rings. The molecule has 2 N–H and O–H groups in total. The van der Waals surface area contributed by atoms with E-state index in [1.807, 2.05) is 36.1 Å². The molecule has 22 heavy (non-hydrogen) atoms. The molecular weight excluding hydrogens is 318 g/mol. The van der Waals surface area contributed by atoms with Crippen LogP contribution in [0.25, 0.3) is 11.3 Å². The van der Waals surface area contributed by atoms with Crippen LogP contribution >= 0.6 is 22.9 Å². The number of amides is 1. The summed E-state index contributed by atoms with van der Waals surface area (Å²) in [4.78, 5) is 20.0. The molecule has 0 bridgehead atoms. The van der Waals surface area contributed by atoms with E-state index < -0.39 is 0 Å². The van der Waals surface area contributed by atoms with E-state index >= 15 is 0 Å². The zero-order chi connectivity index (χ0) is 15.7. The molecule has 1 aromatic carbocycles. The predicted molar refractivity (Wildman–Crippen MR) is 90.4 cm³/mol. The van der Waals surface area contributed by atoms with E-state index in [-0.39, 0.29) is 11.9 Å². The number of aryl methyl sites for hydroxylation is 1. The molecule has 1 aliphatic rings. The third kappa shape index (κ3) is 2.89. The molecule has 1 atom stereocenters. The van der Waals surface area contributed by atoms with Crippen molar-refractivity contribution in [2.75, 3.05) is 13.1 Å². The lowest BCUT2D eigenvalue weighted by Gasteiger charge is -2.23. The second kappa shape index (κ2) is 6.36. The van der Waals surface area contributed by atoms with Crippen LogP contribution in [0, 0.1) is 6.92 Å². The highest BCUT2D eigenvalue weighted by atomic mass is 35.5. The van der Waals surface area contributed by atoms with Gasteiger partial charge in [0.2, 0.25) is 0 Å². The van der Waals surface area contributed by atoms with E-state index in [0.717, 1.165) is 35.7 Å². The van der Waals surface area contributed by atoms with E-state index in [1.165, 1.54) is 11.3 Å². The SMILES string of the molecule is Cc1nc(-c2ccc(Cl)cc2)c(C(=O)N2CCC[C@H]2CN)s1. The number of hydrogen-bond acceptors (Lipinski definition) is 4. The molecule has 1 aromatic heterocycles. The fraction of sp³-hybridized carbons (Fsp3) is 0.375. The molecule has 0 aliphatic carbocycles. The minimum absolute atomic E-state index is 0.0449. The molecule has 0 spiro atoms. The Hall–Kier alpha value is -1.43. The van der Waals surface area contributed by atoms with Crippen molar-refractivity contribution in [1.82, 2.24) is 9.88 Å². The monoisotopic (exact) mass is 335 g/mol. The summed E-state index contributed by atoms with van der Waals surface area (Å²) in [6.45, 7) is 3.21. The van der Waals surface area contributed by atoms with Crippen molar-refractivity contribution in [2.45, 2.75) is 25.8 Å². The average molecular weight is 336 g/mol. The van der Waals surface area contributed by atoms with Crippen LogP contribution < -0.4 is 5.73 Å². The molecule has 116 valence electrons. The van der Waals surface area contributed by atoms with Crippen molar-refractivity contribution >= 4 is 28.8 Å².